The summed E-state index contributed by atoms with van der Waals surface area (Å²) in [6, 6.07) is 28.6. The summed E-state index contributed by atoms with van der Waals surface area (Å²) in [5.41, 5.74) is 2.83. The Kier molecular flexibility index (Phi) is 9.21. The summed E-state index contributed by atoms with van der Waals surface area (Å²) in [5, 5.41) is 6.18. The summed E-state index contributed by atoms with van der Waals surface area (Å²) in [7, 11) is 0. The molecule has 0 aromatic heterocycles. The van der Waals surface area contributed by atoms with Gasteiger partial charge < -0.3 is 10.2 Å². The van der Waals surface area contributed by atoms with Gasteiger partial charge in [-0.3, -0.25) is 9.59 Å². The van der Waals surface area contributed by atoms with Gasteiger partial charge in [0.1, 0.15) is 6.04 Å². The minimum atomic E-state index is -0.686. The number of nitrogens with zero attached hydrogens (tertiary/aromatic N) is 1. The van der Waals surface area contributed by atoms with E-state index in [-0.39, 0.29) is 24.8 Å². The lowest BCUT2D eigenvalue weighted by molar-refractivity contribution is -0.141. The number of carbonyl (C=O) groups is 2. The number of aryl methyl sites for hydroxylation is 1. The van der Waals surface area contributed by atoms with E-state index in [9.17, 15) is 9.59 Å². The Morgan fingerprint density at radius 2 is 1.59 bits per heavy atom. The highest BCUT2D eigenvalue weighted by molar-refractivity contribution is 6.35. The first-order chi connectivity index (χ1) is 18.0. The maximum Gasteiger partial charge on any atom is 0.243 e. The van der Waals surface area contributed by atoms with E-state index in [1.807, 2.05) is 61.5 Å². The number of hydrogen-bond acceptors (Lipinski definition) is 2. The summed E-state index contributed by atoms with van der Waals surface area (Å²) in [4.78, 5) is 28.8. The first kappa shape index (κ1) is 26.7. The summed E-state index contributed by atoms with van der Waals surface area (Å²) in [5.74, 6) is -0.291. The van der Waals surface area contributed by atoms with Gasteiger partial charge in [0.15, 0.2) is 0 Å². The lowest BCUT2D eigenvalue weighted by Gasteiger charge is -2.32. The second kappa shape index (κ2) is 12.8. The van der Waals surface area contributed by atoms with Crippen molar-refractivity contribution < 1.29 is 9.59 Å². The summed E-state index contributed by atoms with van der Waals surface area (Å²) < 4.78 is 0. The maximum absolute atomic E-state index is 13.9. The van der Waals surface area contributed by atoms with Crippen molar-refractivity contribution in [2.45, 2.75) is 38.8 Å². The number of benzene rings is 4. The number of fused-ring (bicyclic) bond motifs is 1. The number of halogens is 2. The molecule has 1 atom stereocenters. The second-order valence-electron chi connectivity index (χ2n) is 9.00. The fourth-order valence-electron chi connectivity index (χ4n) is 4.58. The Labute approximate surface area is 228 Å². The van der Waals surface area contributed by atoms with Crippen LogP contribution >= 0.6 is 23.2 Å². The van der Waals surface area contributed by atoms with Crippen molar-refractivity contribution in [2.75, 3.05) is 6.54 Å². The van der Waals surface area contributed by atoms with E-state index in [1.165, 1.54) is 0 Å². The largest absolute Gasteiger partial charge is 0.355 e. The van der Waals surface area contributed by atoms with Gasteiger partial charge in [-0.1, -0.05) is 102 Å². The van der Waals surface area contributed by atoms with Crippen LogP contribution in [0.25, 0.3) is 10.8 Å². The van der Waals surface area contributed by atoms with Crippen LogP contribution in [0.2, 0.25) is 10.0 Å². The molecule has 0 aliphatic carbocycles. The molecule has 4 nitrogen and oxygen atoms in total. The van der Waals surface area contributed by atoms with Gasteiger partial charge >= 0.3 is 0 Å². The molecule has 4 aromatic carbocycles. The van der Waals surface area contributed by atoms with Crippen LogP contribution in [0.4, 0.5) is 0 Å². The van der Waals surface area contributed by atoms with E-state index in [0.717, 1.165) is 27.5 Å². The second-order valence-corrected chi connectivity index (χ2v) is 9.84. The van der Waals surface area contributed by atoms with Crippen LogP contribution in [-0.2, 0) is 29.0 Å². The van der Waals surface area contributed by atoms with E-state index in [4.69, 9.17) is 23.2 Å². The van der Waals surface area contributed by atoms with Crippen molar-refractivity contribution >= 4 is 45.8 Å². The van der Waals surface area contributed by atoms with Crippen LogP contribution < -0.4 is 5.32 Å². The van der Waals surface area contributed by atoms with E-state index < -0.39 is 6.04 Å². The summed E-state index contributed by atoms with van der Waals surface area (Å²) in [6.07, 6.45) is 1.24. The highest BCUT2D eigenvalue weighted by Gasteiger charge is 2.30. The van der Waals surface area contributed by atoms with Gasteiger partial charge in [-0.25, -0.2) is 0 Å². The van der Waals surface area contributed by atoms with Crippen molar-refractivity contribution in [1.29, 1.82) is 0 Å². The van der Waals surface area contributed by atoms with E-state index in [2.05, 4.69) is 29.6 Å². The Morgan fingerprint density at radius 1 is 0.865 bits per heavy atom. The van der Waals surface area contributed by atoms with Crippen molar-refractivity contribution in [3.63, 3.8) is 0 Å². The summed E-state index contributed by atoms with van der Waals surface area (Å²) >= 11 is 12.6. The van der Waals surface area contributed by atoms with E-state index in [0.29, 0.717) is 29.4 Å². The maximum atomic E-state index is 13.9. The zero-order chi connectivity index (χ0) is 26.2. The van der Waals surface area contributed by atoms with Gasteiger partial charge in [-0.2, -0.15) is 0 Å². The van der Waals surface area contributed by atoms with E-state index in [1.54, 1.807) is 17.0 Å². The van der Waals surface area contributed by atoms with Crippen LogP contribution in [0, 0.1) is 0 Å². The number of nitrogens with one attached hydrogen (secondary N) is 1. The molecule has 4 rings (SSSR count). The first-order valence-electron chi connectivity index (χ1n) is 12.5. The third-order valence-electron chi connectivity index (χ3n) is 6.47. The lowest BCUT2D eigenvalue weighted by atomic mass is 9.99. The molecule has 0 heterocycles. The number of hydrogen-bond donors (Lipinski definition) is 1. The molecule has 37 heavy (non-hydrogen) atoms. The molecule has 0 saturated heterocycles. The third kappa shape index (κ3) is 6.91. The third-order valence-corrected chi connectivity index (χ3v) is 7.05. The molecular formula is C31H30Cl2N2O2. The zero-order valence-corrected chi connectivity index (χ0v) is 22.3. The fourth-order valence-corrected chi connectivity index (χ4v) is 5.04. The van der Waals surface area contributed by atoms with Crippen molar-refractivity contribution in [1.82, 2.24) is 10.2 Å². The molecule has 0 spiro atoms. The van der Waals surface area contributed by atoms with Gasteiger partial charge in [-0.15, -0.1) is 0 Å². The quantitative estimate of drug-likeness (QED) is 0.242. The minimum absolute atomic E-state index is 0.105. The summed E-state index contributed by atoms with van der Waals surface area (Å²) in [6.45, 7) is 2.56. The smallest absolute Gasteiger partial charge is 0.243 e. The van der Waals surface area contributed by atoms with Crippen molar-refractivity contribution in [2.24, 2.45) is 0 Å². The van der Waals surface area contributed by atoms with E-state index >= 15 is 0 Å². The average Bonchev–Trinajstić information content (AvgIpc) is 2.91. The molecule has 6 heteroatoms. The molecule has 4 aromatic rings. The normalized spacial score (nSPS) is 11.8. The predicted molar refractivity (Wildman–Crippen MR) is 152 cm³/mol. The highest BCUT2D eigenvalue weighted by atomic mass is 35.5. The van der Waals surface area contributed by atoms with Crippen LogP contribution in [0.5, 0.6) is 0 Å². The topological polar surface area (TPSA) is 49.4 Å². The Balaban J connectivity index is 1.65. The predicted octanol–water partition coefficient (Wildman–Crippen LogP) is 6.86. The van der Waals surface area contributed by atoms with Gasteiger partial charge in [-0.05, 0) is 52.9 Å². The van der Waals surface area contributed by atoms with Gasteiger partial charge in [0.05, 0.1) is 0 Å². The molecule has 0 saturated carbocycles. The van der Waals surface area contributed by atoms with Crippen LogP contribution in [-0.4, -0.2) is 29.3 Å². The van der Waals surface area contributed by atoms with Gasteiger partial charge in [0.2, 0.25) is 11.8 Å². The monoisotopic (exact) mass is 532 g/mol. The average molecular weight is 533 g/mol. The molecule has 2 amide bonds. The number of amides is 2. The van der Waals surface area contributed by atoms with Crippen molar-refractivity contribution in [3.8, 4) is 0 Å². The van der Waals surface area contributed by atoms with Gasteiger partial charge in [0, 0.05) is 36.0 Å². The first-order valence-corrected chi connectivity index (χ1v) is 13.2. The Hall–Kier alpha value is -3.34. The number of rotatable bonds is 10. The SMILES string of the molecule is CCNC(=O)[C@@H](Cc1ccccc1)N(Cc1ccc(Cl)cc1Cl)C(=O)CCc1cccc2ccccc12. The van der Waals surface area contributed by atoms with Crippen LogP contribution in [0.15, 0.2) is 91.0 Å². The molecule has 0 aliphatic heterocycles. The van der Waals surface area contributed by atoms with Crippen molar-refractivity contribution in [3.05, 3.63) is 118 Å². The van der Waals surface area contributed by atoms with Gasteiger partial charge in [0.25, 0.3) is 0 Å². The lowest BCUT2D eigenvalue weighted by Crippen LogP contribution is -2.50. The number of likely N-dealkylation sites (N-methyl/N-ethyl adjacent to an activating group) is 1. The zero-order valence-electron chi connectivity index (χ0n) is 20.8. The molecule has 0 bridgehead atoms. The molecular weight excluding hydrogens is 503 g/mol. The molecule has 0 fully saturated rings. The number of carbonyl (C=O) groups excluding carboxylic acids is 2. The molecule has 190 valence electrons. The molecule has 0 aliphatic rings. The van der Waals surface area contributed by atoms with Crippen LogP contribution in [0.3, 0.4) is 0 Å². The fraction of sp³-hybridized carbons (Fsp3) is 0.226. The Morgan fingerprint density at radius 3 is 2.35 bits per heavy atom. The standard InChI is InChI=1S/C31H30Cl2N2O2/c1-2-34-31(37)29(19-22-9-4-3-5-10-22)35(21-25-15-17-26(32)20-28(25)33)30(36)18-16-24-13-8-12-23-11-6-7-14-27(23)24/h3-15,17,20,29H,2,16,18-19,21H2,1H3,(H,34,37)/t29-/m1/s1. The molecule has 1 N–H and O–H groups in total. The highest BCUT2D eigenvalue weighted by Crippen LogP contribution is 2.25. The minimum Gasteiger partial charge on any atom is -0.355 e. The molecule has 0 radical (unpaired) electrons. The Bertz CT molecular complexity index is 1370. The van der Waals surface area contributed by atoms with Crippen LogP contribution in [0.1, 0.15) is 30.0 Å². The molecule has 0 unspecified atom stereocenters.